The van der Waals surface area contributed by atoms with Crippen molar-refractivity contribution >= 4 is 0 Å². The molecule has 0 aromatic heterocycles. The van der Waals surface area contributed by atoms with Gasteiger partial charge in [-0.2, -0.15) is 0 Å². The van der Waals surface area contributed by atoms with Crippen molar-refractivity contribution in [2.45, 2.75) is 110 Å². The van der Waals surface area contributed by atoms with Gasteiger partial charge in [0.05, 0.1) is 25.7 Å². The molecular weight excluding hydrogens is 290 g/mol. The van der Waals surface area contributed by atoms with Gasteiger partial charge in [0.2, 0.25) is 0 Å². The molecule has 1 fully saturated rings. The second-order valence-electron chi connectivity index (χ2n) is 7.45. The fraction of sp³-hybridized carbons (Fsp3) is 1.00. The van der Waals surface area contributed by atoms with Crippen molar-refractivity contribution in [3.05, 3.63) is 0 Å². The van der Waals surface area contributed by atoms with Crippen LogP contribution in [0, 0.1) is 0 Å². The second-order valence-corrected chi connectivity index (χ2v) is 7.45. The van der Waals surface area contributed by atoms with Crippen LogP contribution in [0.25, 0.3) is 0 Å². The van der Waals surface area contributed by atoms with E-state index in [1.807, 2.05) is 0 Å². The third kappa shape index (κ3) is 7.68. The van der Waals surface area contributed by atoms with Crippen molar-refractivity contribution in [2.24, 2.45) is 0 Å². The molecule has 1 aliphatic carbocycles. The third-order valence-electron chi connectivity index (χ3n) is 5.64. The molecule has 0 atom stereocenters. The van der Waals surface area contributed by atoms with Gasteiger partial charge in [0.25, 0.3) is 0 Å². The minimum Gasteiger partial charge on any atom is -1.00 e. The first-order valence-electron chi connectivity index (χ1n) is 10.1. The van der Waals surface area contributed by atoms with Gasteiger partial charge in [-0.05, 0) is 51.4 Å². The first kappa shape index (κ1) is 22.2. The van der Waals surface area contributed by atoms with Gasteiger partial charge in [0.15, 0.2) is 0 Å². The number of halogens is 1. The lowest BCUT2D eigenvalue weighted by Gasteiger charge is -2.47. The predicted octanol–water partition coefficient (Wildman–Crippen LogP) is 3.32. The van der Waals surface area contributed by atoms with Crippen LogP contribution in [0.1, 0.15) is 104 Å². The molecule has 0 heterocycles. The van der Waals surface area contributed by atoms with Crippen LogP contribution in [0.3, 0.4) is 0 Å². The maximum atomic E-state index is 2.40. The highest BCUT2D eigenvalue weighted by atomic mass is 35.5. The van der Waals surface area contributed by atoms with E-state index >= 15 is 0 Å². The molecule has 0 aromatic rings. The minimum absolute atomic E-state index is 0. The Balaban J connectivity index is 0.00000441. The van der Waals surface area contributed by atoms with Crippen LogP contribution in [-0.2, 0) is 0 Å². The van der Waals surface area contributed by atoms with Crippen LogP contribution >= 0.6 is 0 Å². The van der Waals surface area contributed by atoms with Crippen LogP contribution in [-0.4, -0.2) is 30.2 Å². The van der Waals surface area contributed by atoms with E-state index in [1.54, 1.807) is 0 Å². The number of hydrogen-bond donors (Lipinski definition) is 0. The van der Waals surface area contributed by atoms with Crippen molar-refractivity contribution < 1.29 is 16.9 Å². The monoisotopic (exact) mass is 331 g/mol. The van der Waals surface area contributed by atoms with E-state index in [2.05, 4.69) is 20.8 Å². The van der Waals surface area contributed by atoms with E-state index in [9.17, 15) is 0 Å². The molecule has 0 bridgehead atoms. The van der Waals surface area contributed by atoms with Crippen molar-refractivity contribution in [2.75, 3.05) is 19.6 Å². The molecule has 0 spiro atoms. The molecule has 0 amide bonds. The lowest BCUT2D eigenvalue weighted by molar-refractivity contribution is -0.952. The van der Waals surface area contributed by atoms with Gasteiger partial charge in [0, 0.05) is 0 Å². The summed E-state index contributed by atoms with van der Waals surface area (Å²) in [4.78, 5) is 0. The fourth-order valence-electron chi connectivity index (χ4n) is 4.61. The highest BCUT2D eigenvalue weighted by molar-refractivity contribution is 4.68. The maximum Gasteiger partial charge on any atom is 0.0890 e. The molecule has 0 radical (unpaired) electrons. The van der Waals surface area contributed by atoms with E-state index in [0.29, 0.717) is 0 Å². The Labute approximate surface area is 147 Å². The van der Waals surface area contributed by atoms with Gasteiger partial charge in [-0.15, -0.1) is 0 Å². The summed E-state index contributed by atoms with van der Waals surface area (Å²) < 4.78 is 1.47. The van der Waals surface area contributed by atoms with Crippen LogP contribution in [0.5, 0.6) is 0 Å². The van der Waals surface area contributed by atoms with Gasteiger partial charge in [0.1, 0.15) is 0 Å². The lowest BCUT2D eigenvalue weighted by Crippen LogP contribution is -3.00. The molecule has 1 rings (SSSR count). The predicted molar refractivity (Wildman–Crippen MR) is 95.7 cm³/mol. The van der Waals surface area contributed by atoms with Gasteiger partial charge in [-0.3, -0.25) is 0 Å². The SMILES string of the molecule is CCCCCCCC[N+](CCC)(CCC)C1CCCCC1.[Cl-]. The highest BCUT2D eigenvalue weighted by Gasteiger charge is 2.35. The lowest BCUT2D eigenvalue weighted by atomic mass is 9.91. The summed E-state index contributed by atoms with van der Waals surface area (Å²) in [5, 5.41) is 0. The first-order chi connectivity index (χ1) is 10.3. The van der Waals surface area contributed by atoms with Crippen molar-refractivity contribution in [3.8, 4) is 0 Å². The fourth-order valence-corrected chi connectivity index (χ4v) is 4.61. The molecule has 1 aliphatic rings. The number of rotatable bonds is 12. The molecule has 134 valence electrons. The summed E-state index contributed by atoms with van der Waals surface area (Å²) in [6.07, 6.45) is 18.9. The third-order valence-corrected chi connectivity index (χ3v) is 5.64. The Morgan fingerprint density at radius 2 is 1.18 bits per heavy atom. The molecule has 0 aliphatic heterocycles. The maximum absolute atomic E-state index is 2.40. The number of nitrogens with zero attached hydrogens (tertiary/aromatic N) is 1. The molecule has 0 aromatic carbocycles. The van der Waals surface area contributed by atoms with Crippen LogP contribution in [0.4, 0.5) is 0 Å². The molecule has 0 saturated heterocycles. The van der Waals surface area contributed by atoms with Gasteiger partial charge < -0.3 is 16.9 Å². The number of quaternary nitrogens is 1. The highest BCUT2D eigenvalue weighted by Crippen LogP contribution is 2.30. The molecular formula is C20H42ClN. The quantitative estimate of drug-likeness (QED) is 0.380. The van der Waals surface area contributed by atoms with Gasteiger partial charge >= 0.3 is 0 Å². The van der Waals surface area contributed by atoms with E-state index in [1.165, 1.54) is 108 Å². The number of hydrogen-bond acceptors (Lipinski definition) is 0. The topological polar surface area (TPSA) is 0 Å². The zero-order chi connectivity index (χ0) is 15.4. The Morgan fingerprint density at radius 1 is 0.636 bits per heavy atom. The van der Waals surface area contributed by atoms with Crippen LogP contribution < -0.4 is 12.4 Å². The Hall–Kier alpha value is 0.250. The van der Waals surface area contributed by atoms with Crippen molar-refractivity contribution in [3.63, 3.8) is 0 Å². The van der Waals surface area contributed by atoms with Gasteiger partial charge in [-0.1, -0.05) is 52.9 Å². The summed E-state index contributed by atoms with van der Waals surface area (Å²) in [6.45, 7) is 11.5. The van der Waals surface area contributed by atoms with Crippen LogP contribution in [0.15, 0.2) is 0 Å². The summed E-state index contributed by atoms with van der Waals surface area (Å²) in [5.74, 6) is 0. The zero-order valence-corrected chi connectivity index (χ0v) is 16.5. The van der Waals surface area contributed by atoms with Gasteiger partial charge in [-0.25, -0.2) is 0 Å². The normalized spacial score (nSPS) is 16.5. The Kier molecular flexibility index (Phi) is 13.8. The minimum atomic E-state index is 0. The summed E-state index contributed by atoms with van der Waals surface area (Å²) in [5.41, 5.74) is 0. The molecule has 0 N–H and O–H groups in total. The Morgan fingerprint density at radius 3 is 1.73 bits per heavy atom. The van der Waals surface area contributed by atoms with Crippen molar-refractivity contribution in [1.82, 2.24) is 0 Å². The summed E-state index contributed by atoms with van der Waals surface area (Å²) >= 11 is 0. The van der Waals surface area contributed by atoms with Crippen molar-refractivity contribution in [1.29, 1.82) is 0 Å². The van der Waals surface area contributed by atoms with E-state index in [0.717, 1.165) is 6.04 Å². The largest absolute Gasteiger partial charge is 1.00 e. The van der Waals surface area contributed by atoms with E-state index < -0.39 is 0 Å². The second kappa shape index (κ2) is 13.7. The summed E-state index contributed by atoms with van der Waals surface area (Å²) in [6, 6.07) is 0.995. The first-order valence-corrected chi connectivity index (χ1v) is 10.1. The average molecular weight is 332 g/mol. The molecule has 0 unspecified atom stereocenters. The Bertz CT molecular complexity index is 230. The summed E-state index contributed by atoms with van der Waals surface area (Å²) in [7, 11) is 0. The van der Waals surface area contributed by atoms with E-state index in [4.69, 9.17) is 0 Å². The number of unbranched alkanes of at least 4 members (excludes halogenated alkanes) is 5. The van der Waals surface area contributed by atoms with Crippen LogP contribution in [0.2, 0.25) is 0 Å². The molecule has 1 saturated carbocycles. The molecule has 1 nitrogen and oxygen atoms in total. The zero-order valence-electron chi connectivity index (χ0n) is 15.7. The smallest absolute Gasteiger partial charge is 0.0890 e. The average Bonchev–Trinajstić information content (AvgIpc) is 2.52. The molecule has 22 heavy (non-hydrogen) atoms. The van der Waals surface area contributed by atoms with E-state index in [-0.39, 0.29) is 12.4 Å². The molecule has 2 heteroatoms. The standard InChI is InChI=1S/C20H42N.ClH/c1-4-7-8-9-10-14-19-21(17-5-2,18-6-3)20-15-12-11-13-16-20;/h20H,4-19H2,1-3H3;1H/q+1;/p-1.